The molecular weight excluding hydrogens is 446 g/mol. The SMILES string of the molecule is NC1CN(c2cncc(-c3ccc4[nH]nc(-c5nc6c(-c7cccs7)nccc6[nH]5)c4c3)n2)C1. The van der Waals surface area contributed by atoms with Crippen molar-refractivity contribution >= 4 is 39.1 Å². The summed E-state index contributed by atoms with van der Waals surface area (Å²) in [4.78, 5) is 25.3. The minimum atomic E-state index is 0.203. The topological polar surface area (TPSA) is 125 Å². The Balaban J connectivity index is 1.31. The molecular formula is C24H19N9S. The lowest BCUT2D eigenvalue weighted by Crippen LogP contribution is -2.56. The third-order valence-corrected chi connectivity index (χ3v) is 6.97. The molecule has 0 unspecified atom stereocenters. The predicted octanol–water partition coefficient (Wildman–Crippen LogP) is 3.83. The number of pyridine rings is 1. The van der Waals surface area contributed by atoms with Crippen LogP contribution in [-0.4, -0.2) is 54.2 Å². The van der Waals surface area contributed by atoms with E-state index in [9.17, 15) is 0 Å². The molecule has 1 aliphatic rings. The molecule has 0 saturated carbocycles. The highest BCUT2D eigenvalue weighted by Gasteiger charge is 2.24. The van der Waals surface area contributed by atoms with Crippen LogP contribution < -0.4 is 10.6 Å². The van der Waals surface area contributed by atoms with Crippen LogP contribution >= 0.6 is 11.3 Å². The first-order valence-electron chi connectivity index (χ1n) is 10.9. The maximum Gasteiger partial charge on any atom is 0.159 e. The second kappa shape index (κ2) is 7.44. The number of nitrogens with two attached hydrogens (primary N) is 1. The van der Waals surface area contributed by atoms with Gasteiger partial charge in [-0.3, -0.25) is 15.1 Å². The second-order valence-corrected chi connectivity index (χ2v) is 9.33. The van der Waals surface area contributed by atoms with E-state index >= 15 is 0 Å². The van der Waals surface area contributed by atoms with Crippen molar-refractivity contribution in [3.63, 3.8) is 0 Å². The summed E-state index contributed by atoms with van der Waals surface area (Å²) in [6.07, 6.45) is 5.37. The number of aromatic amines is 2. The molecule has 166 valence electrons. The Morgan fingerprint density at radius 2 is 1.97 bits per heavy atom. The highest BCUT2D eigenvalue weighted by molar-refractivity contribution is 7.13. The number of benzene rings is 1. The van der Waals surface area contributed by atoms with E-state index in [4.69, 9.17) is 15.7 Å². The number of imidazole rings is 1. The molecule has 10 heteroatoms. The number of aromatic nitrogens is 7. The Bertz CT molecular complexity index is 1640. The zero-order valence-electron chi connectivity index (χ0n) is 17.9. The van der Waals surface area contributed by atoms with Crippen LogP contribution in [0, 0.1) is 0 Å². The zero-order valence-corrected chi connectivity index (χ0v) is 18.8. The van der Waals surface area contributed by atoms with Crippen LogP contribution in [-0.2, 0) is 0 Å². The highest BCUT2D eigenvalue weighted by atomic mass is 32.1. The minimum Gasteiger partial charge on any atom is -0.352 e. The number of thiophene rings is 1. The lowest BCUT2D eigenvalue weighted by molar-refractivity contribution is 0.514. The molecule has 1 fully saturated rings. The molecule has 6 aromatic rings. The summed E-state index contributed by atoms with van der Waals surface area (Å²) in [7, 11) is 0. The summed E-state index contributed by atoms with van der Waals surface area (Å²) in [5.41, 5.74) is 12.0. The average molecular weight is 466 g/mol. The van der Waals surface area contributed by atoms with Crippen LogP contribution in [0.1, 0.15) is 0 Å². The molecule has 0 amide bonds. The normalized spacial score (nSPS) is 14.2. The van der Waals surface area contributed by atoms with E-state index in [-0.39, 0.29) is 6.04 Å². The number of hydrogen-bond donors (Lipinski definition) is 3. The van der Waals surface area contributed by atoms with Crippen LogP contribution in [0.15, 0.2) is 60.4 Å². The van der Waals surface area contributed by atoms with Gasteiger partial charge in [0, 0.05) is 36.3 Å². The number of nitrogens with zero attached hydrogens (tertiary/aromatic N) is 6. The van der Waals surface area contributed by atoms with Gasteiger partial charge in [-0.15, -0.1) is 11.3 Å². The Hall–Kier alpha value is -4.15. The van der Waals surface area contributed by atoms with Gasteiger partial charge in [0.25, 0.3) is 0 Å². The van der Waals surface area contributed by atoms with Gasteiger partial charge in [-0.1, -0.05) is 12.1 Å². The second-order valence-electron chi connectivity index (χ2n) is 8.38. The van der Waals surface area contributed by atoms with Gasteiger partial charge < -0.3 is 15.6 Å². The number of hydrogen-bond acceptors (Lipinski definition) is 8. The van der Waals surface area contributed by atoms with Gasteiger partial charge in [-0.05, 0) is 29.6 Å². The average Bonchev–Trinajstić information content (AvgIpc) is 3.60. The van der Waals surface area contributed by atoms with Gasteiger partial charge in [-0.2, -0.15) is 5.10 Å². The molecule has 1 saturated heterocycles. The van der Waals surface area contributed by atoms with Crippen molar-refractivity contribution in [3.8, 4) is 33.3 Å². The van der Waals surface area contributed by atoms with Crippen molar-refractivity contribution in [3.05, 3.63) is 60.4 Å². The molecule has 5 aromatic heterocycles. The van der Waals surface area contributed by atoms with Gasteiger partial charge >= 0.3 is 0 Å². The summed E-state index contributed by atoms with van der Waals surface area (Å²) >= 11 is 1.65. The predicted molar refractivity (Wildman–Crippen MR) is 134 cm³/mol. The molecule has 1 aliphatic heterocycles. The molecule has 0 radical (unpaired) electrons. The molecule has 0 bridgehead atoms. The Morgan fingerprint density at radius 1 is 1.03 bits per heavy atom. The van der Waals surface area contributed by atoms with Crippen molar-refractivity contribution in [2.24, 2.45) is 5.73 Å². The van der Waals surface area contributed by atoms with Gasteiger partial charge in [-0.25, -0.2) is 9.97 Å². The van der Waals surface area contributed by atoms with Crippen molar-refractivity contribution in [2.45, 2.75) is 6.04 Å². The molecule has 6 heterocycles. The molecule has 9 nitrogen and oxygen atoms in total. The van der Waals surface area contributed by atoms with Crippen LogP contribution in [0.5, 0.6) is 0 Å². The quantitative estimate of drug-likeness (QED) is 0.361. The van der Waals surface area contributed by atoms with Gasteiger partial charge in [0.2, 0.25) is 0 Å². The molecule has 4 N–H and O–H groups in total. The van der Waals surface area contributed by atoms with Crippen molar-refractivity contribution in [1.82, 2.24) is 35.1 Å². The first kappa shape index (κ1) is 19.3. The summed E-state index contributed by atoms with van der Waals surface area (Å²) in [5, 5.41) is 10.7. The molecule has 34 heavy (non-hydrogen) atoms. The largest absolute Gasteiger partial charge is 0.352 e. The summed E-state index contributed by atoms with van der Waals surface area (Å²) < 4.78 is 0. The molecule has 1 aromatic carbocycles. The van der Waals surface area contributed by atoms with Gasteiger partial charge in [0.1, 0.15) is 22.7 Å². The van der Waals surface area contributed by atoms with E-state index < -0.39 is 0 Å². The standard InChI is InChI=1S/C24H19N9S/c25-14-11-33(12-14)20-10-26-9-18(28-20)13-3-4-16-15(8-13)21(32-31-16)24-29-17-5-6-27-23(22(17)30-24)19-2-1-7-34-19/h1-10,14H,11-12,25H2,(H,29,30)(H,31,32). The fourth-order valence-corrected chi connectivity index (χ4v) is 5.06. The fourth-order valence-electron chi connectivity index (χ4n) is 4.34. The number of H-pyrrole nitrogens is 2. The molecule has 0 atom stereocenters. The summed E-state index contributed by atoms with van der Waals surface area (Å²) in [6.45, 7) is 1.61. The highest BCUT2D eigenvalue weighted by Crippen LogP contribution is 2.33. The summed E-state index contributed by atoms with van der Waals surface area (Å²) in [5.74, 6) is 1.54. The van der Waals surface area contributed by atoms with Crippen LogP contribution in [0.25, 0.3) is 55.3 Å². The molecule has 7 rings (SSSR count). The number of fused-ring (bicyclic) bond motifs is 2. The maximum absolute atomic E-state index is 5.93. The smallest absolute Gasteiger partial charge is 0.159 e. The van der Waals surface area contributed by atoms with E-state index in [2.05, 4.69) is 42.2 Å². The van der Waals surface area contributed by atoms with Crippen molar-refractivity contribution in [2.75, 3.05) is 18.0 Å². The molecule has 0 spiro atoms. The molecule has 0 aliphatic carbocycles. The van der Waals surface area contributed by atoms with Gasteiger partial charge in [0.05, 0.1) is 34.0 Å². The van der Waals surface area contributed by atoms with Crippen molar-refractivity contribution < 1.29 is 0 Å². The van der Waals surface area contributed by atoms with E-state index in [1.54, 1.807) is 29.9 Å². The number of anilines is 1. The van der Waals surface area contributed by atoms with Crippen LogP contribution in [0.3, 0.4) is 0 Å². The minimum absolute atomic E-state index is 0.203. The van der Waals surface area contributed by atoms with Gasteiger partial charge in [0.15, 0.2) is 5.82 Å². The monoisotopic (exact) mass is 465 g/mol. The summed E-state index contributed by atoms with van der Waals surface area (Å²) in [6, 6.07) is 12.3. The number of nitrogens with one attached hydrogen (secondary N) is 2. The first-order chi connectivity index (χ1) is 16.7. The Labute approximate surface area is 197 Å². The van der Waals surface area contributed by atoms with E-state index in [1.165, 1.54) is 0 Å². The zero-order chi connectivity index (χ0) is 22.6. The fraction of sp³-hybridized carbons (Fsp3) is 0.125. The van der Waals surface area contributed by atoms with E-state index in [1.807, 2.05) is 29.6 Å². The Kier molecular flexibility index (Phi) is 4.23. The van der Waals surface area contributed by atoms with Crippen LogP contribution in [0.4, 0.5) is 5.82 Å². The van der Waals surface area contributed by atoms with Crippen molar-refractivity contribution in [1.29, 1.82) is 0 Å². The van der Waals surface area contributed by atoms with E-state index in [0.717, 1.165) is 68.4 Å². The third-order valence-electron chi connectivity index (χ3n) is 6.09. The number of rotatable bonds is 4. The lowest BCUT2D eigenvalue weighted by atomic mass is 10.1. The van der Waals surface area contributed by atoms with Crippen LogP contribution in [0.2, 0.25) is 0 Å². The Morgan fingerprint density at radius 3 is 2.82 bits per heavy atom. The van der Waals surface area contributed by atoms with E-state index in [0.29, 0.717) is 5.82 Å². The lowest BCUT2D eigenvalue weighted by Gasteiger charge is -2.37. The third kappa shape index (κ3) is 3.07. The first-order valence-corrected chi connectivity index (χ1v) is 11.8. The maximum atomic E-state index is 5.93.